The van der Waals surface area contributed by atoms with Gasteiger partial charge in [-0.1, -0.05) is 37.3 Å². The van der Waals surface area contributed by atoms with E-state index < -0.39 is 6.03 Å². The number of urea groups is 1. The van der Waals surface area contributed by atoms with Crippen LogP contribution in [-0.2, 0) is 16.1 Å². The van der Waals surface area contributed by atoms with Crippen molar-refractivity contribution in [3.05, 3.63) is 35.9 Å². The number of carbonyl (C=O) groups excluding carboxylic acids is 3. The van der Waals surface area contributed by atoms with Crippen molar-refractivity contribution in [3.63, 3.8) is 0 Å². The minimum atomic E-state index is -0.482. The second-order valence-electron chi connectivity index (χ2n) is 7.01. The third-order valence-electron chi connectivity index (χ3n) is 4.58. The van der Waals surface area contributed by atoms with Gasteiger partial charge in [-0.2, -0.15) is 0 Å². The predicted octanol–water partition coefficient (Wildman–Crippen LogP) is 1.64. The van der Waals surface area contributed by atoms with Gasteiger partial charge in [0.15, 0.2) is 0 Å². The van der Waals surface area contributed by atoms with Crippen LogP contribution in [0.2, 0.25) is 0 Å². The van der Waals surface area contributed by atoms with E-state index in [0.29, 0.717) is 25.4 Å². The molecule has 0 spiro atoms. The summed E-state index contributed by atoms with van der Waals surface area (Å²) in [6.07, 6.45) is 3.43. The molecule has 1 aromatic carbocycles. The lowest BCUT2D eigenvalue weighted by Gasteiger charge is -2.32. The lowest BCUT2D eigenvalue weighted by Crippen LogP contribution is -2.47. The number of nitrogens with zero attached hydrogens (tertiary/aromatic N) is 1. The highest BCUT2D eigenvalue weighted by molar-refractivity contribution is 5.95. The first-order valence-electron chi connectivity index (χ1n) is 9.67. The molecule has 1 unspecified atom stereocenters. The Labute approximate surface area is 160 Å². The van der Waals surface area contributed by atoms with E-state index in [-0.39, 0.29) is 18.4 Å². The van der Waals surface area contributed by atoms with E-state index in [1.165, 1.54) is 0 Å². The fourth-order valence-electron chi connectivity index (χ4n) is 3.23. The summed E-state index contributed by atoms with van der Waals surface area (Å²) in [4.78, 5) is 37.6. The third kappa shape index (κ3) is 8.21. The standard InChI is InChI=1S/C20H30N4O3/c1-2-7-18(25)21-13-17-10-6-11-24(14-17)15-19(26)23-20(27)22-12-16-8-4-3-5-9-16/h3-5,8-9,17H,2,6-7,10-15H2,1H3,(H,21,25)(H2,22,23,26,27). The maximum Gasteiger partial charge on any atom is 0.321 e. The van der Waals surface area contributed by atoms with E-state index in [0.717, 1.165) is 37.9 Å². The van der Waals surface area contributed by atoms with Gasteiger partial charge in [-0.15, -0.1) is 0 Å². The average molecular weight is 374 g/mol. The third-order valence-corrected chi connectivity index (χ3v) is 4.58. The summed E-state index contributed by atoms with van der Waals surface area (Å²) in [5.41, 5.74) is 0.976. The summed E-state index contributed by atoms with van der Waals surface area (Å²) in [6.45, 7) is 4.79. The van der Waals surface area contributed by atoms with E-state index in [1.54, 1.807) is 0 Å². The highest BCUT2D eigenvalue weighted by Gasteiger charge is 2.22. The molecular weight excluding hydrogens is 344 g/mol. The number of piperidine rings is 1. The number of nitrogens with one attached hydrogen (secondary N) is 3. The van der Waals surface area contributed by atoms with Gasteiger partial charge in [0.25, 0.3) is 0 Å². The van der Waals surface area contributed by atoms with Crippen molar-refractivity contribution in [3.8, 4) is 0 Å². The summed E-state index contributed by atoms with van der Waals surface area (Å²) in [6, 6.07) is 9.05. The van der Waals surface area contributed by atoms with Crippen LogP contribution in [0.25, 0.3) is 0 Å². The molecule has 7 nitrogen and oxygen atoms in total. The zero-order valence-electron chi connectivity index (χ0n) is 16.0. The lowest BCUT2D eigenvalue weighted by atomic mass is 9.98. The van der Waals surface area contributed by atoms with Crippen molar-refractivity contribution in [1.29, 1.82) is 0 Å². The Bertz CT molecular complexity index is 621. The molecule has 1 saturated heterocycles. The minimum Gasteiger partial charge on any atom is -0.356 e. The molecule has 7 heteroatoms. The second-order valence-corrected chi connectivity index (χ2v) is 7.01. The van der Waals surface area contributed by atoms with E-state index in [2.05, 4.69) is 16.0 Å². The molecule has 3 N–H and O–H groups in total. The zero-order valence-corrected chi connectivity index (χ0v) is 16.0. The molecule has 0 aliphatic carbocycles. The smallest absolute Gasteiger partial charge is 0.321 e. The molecule has 1 aromatic rings. The van der Waals surface area contributed by atoms with Crippen LogP contribution >= 0.6 is 0 Å². The fraction of sp³-hybridized carbons (Fsp3) is 0.550. The van der Waals surface area contributed by atoms with Gasteiger partial charge in [0, 0.05) is 26.1 Å². The summed E-state index contributed by atoms with van der Waals surface area (Å²) in [5.74, 6) is 0.123. The highest BCUT2D eigenvalue weighted by atomic mass is 16.2. The van der Waals surface area contributed by atoms with Crippen molar-refractivity contribution in [1.82, 2.24) is 20.9 Å². The summed E-state index contributed by atoms with van der Waals surface area (Å²) < 4.78 is 0. The van der Waals surface area contributed by atoms with E-state index >= 15 is 0 Å². The number of imide groups is 1. The van der Waals surface area contributed by atoms with Crippen LogP contribution in [0.5, 0.6) is 0 Å². The molecular formula is C20H30N4O3. The summed E-state index contributed by atoms with van der Waals surface area (Å²) >= 11 is 0. The fourth-order valence-corrected chi connectivity index (χ4v) is 3.23. The van der Waals surface area contributed by atoms with Gasteiger partial charge >= 0.3 is 6.03 Å². The van der Waals surface area contributed by atoms with Crippen molar-refractivity contribution in [2.45, 2.75) is 39.2 Å². The normalized spacial score (nSPS) is 17.1. The largest absolute Gasteiger partial charge is 0.356 e. The van der Waals surface area contributed by atoms with Gasteiger partial charge in [0.2, 0.25) is 11.8 Å². The molecule has 2 rings (SSSR count). The van der Waals surface area contributed by atoms with Crippen LogP contribution in [-0.4, -0.2) is 48.9 Å². The quantitative estimate of drug-likeness (QED) is 0.645. The number of hydrogen-bond donors (Lipinski definition) is 3. The van der Waals surface area contributed by atoms with E-state index in [9.17, 15) is 14.4 Å². The van der Waals surface area contributed by atoms with E-state index in [1.807, 2.05) is 42.2 Å². The lowest BCUT2D eigenvalue weighted by molar-refractivity contribution is -0.123. The molecule has 1 heterocycles. The van der Waals surface area contributed by atoms with Crippen molar-refractivity contribution >= 4 is 17.8 Å². The van der Waals surface area contributed by atoms with Crippen LogP contribution in [0.15, 0.2) is 30.3 Å². The van der Waals surface area contributed by atoms with E-state index in [4.69, 9.17) is 0 Å². The monoisotopic (exact) mass is 374 g/mol. The van der Waals surface area contributed by atoms with Crippen molar-refractivity contribution < 1.29 is 14.4 Å². The van der Waals surface area contributed by atoms with Gasteiger partial charge in [0.05, 0.1) is 6.54 Å². The zero-order chi connectivity index (χ0) is 19.5. The number of amides is 4. The maximum absolute atomic E-state index is 12.1. The Hall–Kier alpha value is -2.41. The Morgan fingerprint density at radius 3 is 2.63 bits per heavy atom. The average Bonchev–Trinajstić information content (AvgIpc) is 2.66. The van der Waals surface area contributed by atoms with Crippen molar-refractivity contribution in [2.75, 3.05) is 26.2 Å². The molecule has 1 aliphatic rings. The van der Waals surface area contributed by atoms with Crippen LogP contribution in [0.1, 0.15) is 38.2 Å². The number of likely N-dealkylation sites (tertiary alicyclic amines) is 1. The molecule has 4 amide bonds. The molecule has 1 atom stereocenters. The van der Waals surface area contributed by atoms with Crippen LogP contribution < -0.4 is 16.0 Å². The number of carbonyl (C=O) groups is 3. The van der Waals surface area contributed by atoms with Gasteiger partial charge in [0.1, 0.15) is 0 Å². The Morgan fingerprint density at radius 2 is 1.89 bits per heavy atom. The molecule has 148 valence electrons. The molecule has 0 radical (unpaired) electrons. The predicted molar refractivity (Wildman–Crippen MR) is 104 cm³/mol. The number of benzene rings is 1. The SMILES string of the molecule is CCCC(=O)NCC1CCCN(CC(=O)NC(=O)NCc2ccccc2)C1. The first-order valence-corrected chi connectivity index (χ1v) is 9.67. The topological polar surface area (TPSA) is 90.5 Å². The molecule has 27 heavy (non-hydrogen) atoms. The van der Waals surface area contributed by atoms with Gasteiger partial charge in [-0.05, 0) is 37.3 Å². The molecule has 0 bridgehead atoms. The minimum absolute atomic E-state index is 0.0856. The van der Waals surface area contributed by atoms with Gasteiger partial charge in [-0.25, -0.2) is 4.79 Å². The first kappa shape index (κ1) is 20.9. The first-order chi connectivity index (χ1) is 13.1. The maximum atomic E-state index is 12.1. The van der Waals surface area contributed by atoms with Crippen molar-refractivity contribution in [2.24, 2.45) is 5.92 Å². The Balaban J connectivity index is 1.66. The molecule has 0 aromatic heterocycles. The van der Waals surface area contributed by atoms with Crippen LogP contribution in [0.4, 0.5) is 4.79 Å². The Kier molecular flexibility index (Phi) is 8.77. The molecule has 1 aliphatic heterocycles. The van der Waals surface area contributed by atoms with Gasteiger partial charge in [-0.3, -0.25) is 19.8 Å². The second kappa shape index (κ2) is 11.3. The summed E-state index contributed by atoms with van der Waals surface area (Å²) in [5, 5.41) is 8.02. The summed E-state index contributed by atoms with van der Waals surface area (Å²) in [7, 11) is 0. The van der Waals surface area contributed by atoms with Gasteiger partial charge < -0.3 is 10.6 Å². The number of hydrogen-bond acceptors (Lipinski definition) is 4. The number of rotatable bonds is 8. The Morgan fingerprint density at radius 1 is 1.11 bits per heavy atom. The molecule has 0 saturated carbocycles. The van der Waals surface area contributed by atoms with Crippen LogP contribution in [0, 0.1) is 5.92 Å². The molecule has 1 fully saturated rings. The highest BCUT2D eigenvalue weighted by Crippen LogP contribution is 2.15. The van der Waals surface area contributed by atoms with Crippen LogP contribution in [0.3, 0.4) is 0 Å².